The van der Waals surface area contributed by atoms with Gasteiger partial charge in [0.05, 0.1) is 0 Å². The van der Waals surface area contributed by atoms with Gasteiger partial charge < -0.3 is 10.0 Å². The third kappa shape index (κ3) is 2.71. The number of carbonyl (C=O) groups excluding carboxylic acids is 1. The molecule has 1 aromatic rings. The SMILES string of the molecule is O=C(Cn1cccnc1=O)N1CCC(CO)C1. The summed E-state index contributed by atoms with van der Waals surface area (Å²) in [5, 5.41) is 9.00. The van der Waals surface area contributed by atoms with Crippen LogP contribution >= 0.6 is 0 Å². The second kappa shape index (κ2) is 5.09. The van der Waals surface area contributed by atoms with Gasteiger partial charge in [0.1, 0.15) is 6.54 Å². The maximum atomic E-state index is 11.9. The molecule has 1 fully saturated rings. The van der Waals surface area contributed by atoms with Crippen molar-refractivity contribution in [2.45, 2.75) is 13.0 Å². The van der Waals surface area contributed by atoms with Crippen LogP contribution in [0, 0.1) is 5.92 Å². The summed E-state index contributed by atoms with van der Waals surface area (Å²) in [7, 11) is 0. The van der Waals surface area contributed by atoms with Crippen molar-refractivity contribution in [3.8, 4) is 0 Å². The van der Waals surface area contributed by atoms with Gasteiger partial charge in [0, 0.05) is 38.0 Å². The predicted octanol–water partition coefficient (Wildman–Crippen LogP) is -0.916. The first-order chi connectivity index (χ1) is 8.20. The molecule has 0 aromatic carbocycles. The first kappa shape index (κ1) is 11.8. The second-order valence-electron chi connectivity index (χ2n) is 4.21. The lowest BCUT2D eigenvalue weighted by Crippen LogP contribution is -2.35. The molecule has 2 heterocycles. The standard InChI is InChI=1S/C11H15N3O3/c15-8-9-2-5-13(6-9)10(16)7-14-4-1-3-12-11(14)17/h1,3-4,9,15H,2,5-8H2. The fraction of sp³-hybridized carbons (Fsp3) is 0.545. The molecule has 0 saturated carbocycles. The smallest absolute Gasteiger partial charge is 0.347 e. The van der Waals surface area contributed by atoms with E-state index < -0.39 is 5.69 Å². The molecule has 1 amide bonds. The zero-order valence-electron chi connectivity index (χ0n) is 9.45. The Hall–Kier alpha value is -1.69. The van der Waals surface area contributed by atoms with E-state index in [1.807, 2.05) is 0 Å². The van der Waals surface area contributed by atoms with E-state index in [4.69, 9.17) is 5.11 Å². The molecular formula is C11H15N3O3. The Labute approximate surface area is 98.5 Å². The van der Waals surface area contributed by atoms with Gasteiger partial charge in [-0.2, -0.15) is 0 Å². The summed E-state index contributed by atoms with van der Waals surface area (Å²) >= 11 is 0. The van der Waals surface area contributed by atoms with Gasteiger partial charge in [0.2, 0.25) is 5.91 Å². The number of amides is 1. The molecule has 1 unspecified atom stereocenters. The number of hydrogen-bond acceptors (Lipinski definition) is 4. The van der Waals surface area contributed by atoms with Crippen molar-refractivity contribution in [2.75, 3.05) is 19.7 Å². The van der Waals surface area contributed by atoms with E-state index in [0.29, 0.717) is 13.1 Å². The van der Waals surface area contributed by atoms with Crippen molar-refractivity contribution in [3.63, 3.8) is 0 Å². The molecule has 2 rings (SSSR count). The van der Waals surface area contributed by atoms with Gasteiger partial charge in [-0.05, 0) is 12.5 Å². The molecule has 1 atom stereocenters. The highest BCUT2D eigenvalue weighted by Crippen LogP contribution is 2.15. The normalized spacial score (nSPS) is 19.6. The minimum atomic E-state index is -0.418. The van der Waals surface area contributed by atoms with Gasteiger partial charge >= 0.3 is 5.69 Å². The van der Waals surface area contributed by atoms with Crippen LogP contribution in [0.2, 0.25) is 0 Å². The molecule has 6 nitrogen and oxygen atoms in total. The molecule has 92 valence electrons. The average Bonchev–Trinajstić information content (AvgIpc) is 2.81. The lowest BCUT2D eigenvalue weighted by molar-refractivity contribution is -0.131. The minimum Gasteiger partial charge on any atom is -0.396 e. The number of aliphatic hydroxyl groups excluding tert-OH is 1. The summed E-state index contributed by atoms with van der Waals surface area (Å²) in [6.07, 6.45) is 3.78. The van der Waals surface area contributed by atoms with Crippen LogP contribution in [0.5, 0.6) is 0 Å². The maximum Gasteiger partial charge on any atom is 0.347 e. The number of nitrogens with zero attached hydrogens (tertiary/aromatic N) is 3. The largest absolute Gasteiger partial charge is 0.396 e. The lowest BCUT2D eigenvalue weighted by atomic mass is 10.1. The Morgan fingerprint density at radius 2 is 2.41 bits per heavy atom. The molecule has 1 aliphatic rings. The molecule has 1 saturated heterocycles. The summed E-state index contributed by atoms with van der Waals surface area (Å²) in [5.41, 5.74) is -0.418. The Morgan fingerprint density at radius 3 is 3.06 bits per heavy atom. The van der Waals surface area contributed by atoms with Crippen LogP contribution in [0.1, 0.15) is 6.42 Å². The monoisotopic (exact) mass is 237 g/mol. The first-order valence-corrected chi connectivity index (χ1v) is 5.61. The predicted molar refractivity (Wildman–Crippen MR) is 60.3 cm³/mol. The van der Waals surface area contributed by atoms with Crippen molar-refractivity contribution in [1.29, 1.82) is 0 Å². The number of likely N-dealkylation sites (tertiary alicyclic amines) is 1. The van der Waals surface area contributed by atoms with E-state index in [9.17, 15) is 9.59 Å². The van der Waals surface area contributed by atoms with Crippen molar-refractivity contribution >= 4 is 5.91 Å². The van der Waals surface area contributed by atoms with Crippen LogP contribution in [0.4, 0.5) is 0 Å². The summed E-state index contributed by atoms with van der Waals surface area (Å²) in [6.45, 7) is 1.35. The number of carbonyl (C=O) groups is 1. The second-order valence-corrected chi connectivity index (χ2v) is 4.21. The van der Waals surface area contributed by atoms with Gasteiger partial charge in [-0.25, -0.2) is 9.78 Å². The van der Waals surface area contributed by atoms with Gasteiger partial charge in [0.25, 0.3) is 0 Å². The van der Waals surface area contributed by atoms with Crippen molar-refractivity contribution < 1.29 is 9.90 Å². The molecule has 17 heavy (non-hydrogen) atoms. The highest BCUT2D eigenvalue weighted by molar-refractivity contribution is 5.76. The Bertz CT molecular complexity index is 457. The lowest BCUT2D eigenvalue weighted by Gasteiger charge is -2.16. The zero-order chi connectivity index (χ0) is 12.3. The minimum absolute atomic E-state index is 0.0187. The highest BCUT2D eigenvalue weighted by Gasteiger charge is 2.25. The highest BCUT2D eigenvalue weighted by atomic mass is 16.3. The number of rotatable bonds is 3. The fourth-order valence-corrected chi connectivity index (χ4v) is 1.96. The van der Waals surface area contributed by atoms with Crippen LogP contribution in [0.25, 0.3) is 0 Å². The van der Waals surface area contributed by atoms with E-state index in [2.05, 4.69) is 4.98 Å². The summed E-state index contributed by atoms with van der Waals surface area (Å²) < 4.78 is 1.29. The molecule has 1 N–H and O–H groups in total. The van der Waals surface area contributed by atoms with Crippen LogP contribution < -0.4 is 5.69 Å². The molecular weight excluding hydrogens is 222 g/mol. The van der Waals surface area contributed by atoms with Crippen LogP contribution in [-0.2, 0) is 11.3 Å². The molecule has 1 aliphatic heterocycles. The van der Waals surface area contributed by atoms with E-state index in [1.165, 1.54) is 10.8 Å². The van der Waals surface area contributed by atoms with Crippen molar-refractivity contribution in [2.24, 2.45) is 5.92 Å². The molecule has 6 heteroatoms. The number of aliphatic hydroxyl groups is 1. The van der Waals surface area contributed by atoms with Crippen LogP contribution in [-0.4, -0.2) is 45.2 Å². The molecule has 0 aliphatic carbocycles. The molecule has 0 spiro atoms. The quantitative estimate of drug-likeness (QED) is 0.738. The zero-order valence-corrected chi connectivity index (χ0v) is 9.45. The third-order valence-electron chi connectivity index (χ3n) is 2.99. The Balaban J connectivity index is 1.99. The van der Waals surface area contributed by atoms with E-state index in [-0.39, 0.29) is 25.0 Å². The Morgan fingerprint density at radius 1 is 1.59 bits per heavy atom. The number of aromatic nitrogens is 2. The van der Waals surface area contributed by atoms with E-state index >= 15 is 0 Å². The van der Waals surface area contributed by atoms with Crippen LogP contribution in [0.3, 0.4) is 0 Å². The van der Waals surface area contributed by atoms with Gasteiger partial charge in [-0.1, -0.05) is 0 Å². The average molecular weight is 237 g/mol. The van der Waals surface area contributed by atoms with Gasteiger partial charge in [-0.15, -0.1) is 0 Å². The van der Waals surface area contributed by atoms with Gasteiger partial charge in [0.15, 0.2) is 0 Å². The molecule has 1 aromatic heterocycles. The first-order valence-electron chi connectivity index (χ1n) is 5.61. The summed E-state index contributed by atoms with van der Waals surface area (Å²) in [4.78, 5) is 28.5. The van der Waals surface area contributed by atoms with Crippen molar-refractivity contribution in [1.82, 2.24) is 14.5 Å². The molecule has 0 bridgehead atoms. The number of hydrogen-bond donors (Lipinski definition) is 1. The fourth-order valence-electron chi connectivity index (χ4n) is 1.96. The Kier molecular flexibility index (Phi) is 3.53. The molecule has 0 radical (unpaired) electrons. The topological polar surface area (TPSA) is 75.4 Å². The van der Waals surface area contributed by atoms with Crippen molar-refractivity contribution in [3.05, 3.63) is 28.9 Å². The summed E-state index contributed by atoms with van der Waals surface area (Å²) in [5.74, 6) is 0.0700. The third-order valence-corrected chi connectivity index (χ3v) is 2.99. The van der Waals surface area contributed by atoms with Gasteiger partial charge in [-0.3, -0.25) is 9.36 Å². The van der Waals surface area contributed by atoms with E-state index in [0.717, 1.165) is 6.42 Å². The summed E-state index contributed by atoms with van der Waals surface area (Å²) in [6, 6.07) is 1.62. The maximum absolute atomic E-state index is 11.9. The van der Waals surface area contributed by atoms with Crippen LogP contribution in [0.15, 0.2) is 23.3 Å². The van der Waals surface area contributed by atoms with E-state index in [1.54, 1.807) is 17.2 Å².